The lowest BCUT2D eigenvalue weighted by Crippen LogP contribution is -1.98. The molecule has 8 aromatic carbocycles. The van der Waals surface area contributed by atoms with Gasteiger partial charge < -0.3 is 13.7 Å². The lowest BCUT2D eigenvalue weighted by atomic mass is 10.0. The third kappa shape index (κ3) is 4.12. The average molecular weight is 650 g/mol. The summed E-state index contributed by atoms with van der Waals surface area (Å²) < 4.78 is 7.19. The molecular weight excluding hydrogens is 619 g/mol. The zero-order valence-electron chi connectivity index (χ0n) is 27.7. The zero-order chi connectivity index (χ0) is 33.5. The highest BCUT2D eigenvalue weighted by Gasteiger charge is 2.17. The lowest BCUT2D eigenvalue weighted by molar-refractivity contribution is 1.13. The van der Waals surface area contributed by atoms with E-state index in [2.05, 4.69) is 202 Å². The van der Waals surface area contributed by atoms with Gasteiger partial charge in [-0.05, 0) is 90.0 Å². The molecule has 0 saturated carbocycles. The molecule has 0 amide bonds. The first kappa shape index (κ1) is 28.0. The number of hydrogen-bond acceptors (Lipinski definition) is 0. The van der Waals surface area contributed by atoms with Gasteiger partial charge in [0.1, 0.15) is 0 Å². The van der Waals surface area contributed by atoms with E-state index < -0.39 is 0 Å². The van der Waals surface area contributed by atoms with Crippen molar-refractivity contribution in [3.63, 3.8) is 0 Å². The highest BCUT2D eigenvalue weighted by Crippen LogP contribution is 2.39. The number of fused-ring (bicyclic) bond motifs is 9. The number of benzene rings is 8. The van der Waals surface area contributed by atoms with Crippen LogP contribution in [0.5, 0.6) is 0 Å². The van der Waals surface area contributed by atoms with Crippen LogP contribution in [0.1, 0.15) is 0 Å². The first-order valence-electron chi connectivity index (χ1n) is 17.5. The van der Waals surface area contributed by atoms with Gasteiger partial charge in [-0.3, -0.25) is 0 Å². The van der Waals surface area contributed by atoms with Crippen LogP contribution in [0.15, 0.2) is 188 Å². The molecule has 0 unspecified atom stereocenters. The molecule has 51 heavy (non-hydrogen) atoms. The minimum absolute atomic E-state index is 1.14. The molecule has 0 aliphatic carbocycles. The van der Waals surface area contributed by atoms with Gasteiger partial charge in [0.15, 0.2) is 0 Å². The Morgan fingerprint density at radius 3 is 1.00 bits per heavy atom. The van der Waals surface area contributed by atoms with Crippen molar-refractivity contribution < 1.29 is 0 Å². The quantitative estimate of drug-likeness (QED) is 0.180. The van der Waals surface area contributed by atoms with Crippen LogP contribution < -0.4 is 0 Å². The fourth-order valence-electron chi connectivity index (χ4n) is 8.41. The van der Waals surface area contributed by atoms with E-state index in [9.17, 15) is 0 Å². The minimum Gasteiger partial charge on any atom is -0.309 e. The van der Waals surface area contributed by atoms with Crippen molar-refractivity contribution in [3.05, 3.63) is 188 Å². The summed E-state index contributed by atoms with van der Waals surface area (Å²) >= 11 is 0. The second-order valence-corrected chi connectivity index (χ2v) is 13.4. The van der Waals surface area contributed by atoms with E-state index >= 15 is 0 Å². The maximum atomic E-state index is 2.42. The Bertz CT molecular complexity index is 3080. The minimum atomic E-state index is 1.14. The van der Waals surface area contributed by atoms with Crippen molar-refractivity contribution in [3.8, 4) is 28.2 Å². The van der Waals surface area contributed by atoms with Gasteiger partial charge in [0.05, 0.1) is 33.1 Å². The van der Waals surface area contributed by atoms with Crippen molar-refractivity contribution in [2.45, 2.75) is 0 Å². The van der Waals surface area contributed by atoms with E-state index in [4.69, 9.17) is 0 Å². The topological polar surface area (TPSA) is 14.8 Å². The van der Waals surface area contributed by atoms with Gasteiger partial charge in [-0.15, -0.1) is 0 Å². The van der Waals surface area contributed by atoms with E-state index in [0.29, 0.717) is 0 Å². The van der Waals surface area contributed by atoms with E-state index in [0.717, 1.165) is 11.4 Å². The van der Waals surface area contributed by atoms with Gasteiger partial charge in [-0.2, -0.15) is 0 Å². The van der Waals surface area contributed by atoms with Gasteiger partial charge in [-0.25, -0.2) is 0 Å². The van der Waals surface area contributed by atoms with Crippen LogP contribution in [0.2, 0.25) is 0 Å². The number of rotatable bonds is 4. The highest BCUT2D eigenvalue weighted by atomic mass is 15.0. The molecule has 0 N–H and O–H groups in total. The molecular formula is C48H31N3. The van der Waals surface area contributed by atoms with Crippen LogP contribution in [0.25, 0.3) is 93.6 Å². The van der Waals surface area contributed by atoms with Crippen molar-refractivity contribution in [2.75, 3.05) is 0 Å². The van der Waals surface area contributed by atoms with E-state index in [1.807, 2.05) is 0 Å². The fraction of sp³-hybridized carbons (Fsp3) is 0. The molecule has 3 aromatic heterocycles. The molecule has 0 aliphatic heterocycles. The van der Waals surface area contributed by atoms with Gasteiger partial charge in [0.25, 0.3) is 0 Å². The maximum Gasteiger partial charge on any atom is 0.0541 e. The molecule has 3 heteroatoms. The Balaban J connectivity index is 1.09. The highest BCUT2D eigenvalue weighted by molar-refractivity contribution is 6.13. The molecule has 0 bridgehead atoms. The number of para-hydroxylation sites is 5. The normalized spacial score (nSPS) is 11.9. The van der Waals surface area contributed by atoms with E-state index in [1.54, 1.807) is 0 Å². The first-order valence-corrected chi connectivity index (χ1v) is 17.5. The van der Waals surface area contributed by atoms with Crippen LogP contribution >= 0.6 is 0 Å². The third-order valence-corrected chi connectivity index (χ3v) is 10.6. The number of hydrogen-bond donors (Lipinski definition) is 0. The molecule has 0 aliphatic rings. The number of aromatic nitrogens is 3. The molecule has 0 saturated heterocycles. The molecule has 3 heterocycles. The predicted octanol–water partition coefficient (Wildman–Crippen LogP) is 12.6. The summed E-state index contributed by atoms with van der Waals surface area (Å²) in [4.78, 5) is 0. The fourth-order valence-corrected chi connectivity index (χ4v) is 8.41. The van der Waals surface area contributed by atoms with Gasteiger partial charge in [0, 0.05) is 49.4 Å². The summed E-state index contributed by atoms with van der Waals surface area (Å²) in [6, 6.07) is 68.4. The Kier molecular flexibility index (Phi) is 5.96. The standard InChI is InChI=1S/C48H31N3/c1-2-13-34(14-3-1)49-45-23-10-6-19-39(45)41-29-32(25-27-47(41)49)33-26-28-48-42(30-33)40-20-7-11-24-46(40)51(48)36-16-12-15-35(31-36)50-43-21-8-4-17-37(43)38-18-5-9-22-44(38)50/h1-31H. The number of nitrogens with zero attached hydrogens (tertiary/aromatic N) is 3. The molecule has 0 atom stereocenters. The lowest BCUT2D eigenvalue weighted by Gasteiger charge is -2.13. The summed E-state index contributed by atoms with van der Waals surface area (Å²) in [5.74, 6) is 0. The van der Waals surface area contributed by atoms with Gasteiger partial charge in [-0.1, -0.05) is 109 Å². The molecule has 0 radical (unpaired) electrons. The van der Waals surface area contributed by atoms with Crippen LogP contribution in [0.4, 0.5) is 0 Å². The maximum absolute atomic E-state index is 2.42. The Hall–Kier alpha value is -6.84. The summed E-state index contributed by atoms with van der Waals surface area (Å²) in [6.07, 6.45) is 0. The molecule has 3 nitrogen and oxygen atoms in total. The third-order valence-electron chi connectivity index (χ3n) is 10.6. The molecule has 11 rings (SSSR count). The van der Waals surface area contributed by atoms with Gasteiger partial charge >= 0.3 is 0 Å². The molecule has 11 aromatic rings. The summed E-state index contributed by atoms with van der Waals surface area (Å²) in [7, 11) is 0. The van der Waals surface area contributed by atoms with Crippen molar-refractivity contribution in [1.82, 2.24) is 13.7 Å². The Labute approximate surface area is 294 Å². The summed E-state index contributed by atoms with van der Waals surface area (Å²) in [5, 5.41) is 7.56. The van der Waals surface area contributed by atoms with E-state index in [-0.39, 0.29) is 0 Å². The van der Waals surface area contributed by atoms with Crippen LogP contribution in [0, 0.1) is 0 Å². The van der Waals surface area contributed by atoms with Crippen LogP contribution in [-0.2, 0) is 0 Å². The SMILES string of the molecule is c1ccc(-n2c3ccccc3c3cc(-c4ccc5c(c4)c4ccccc4n5-c4cccc(-n5c6ccccc6c6ccccc65)c4)ccc32)cc1. The second kappa shape index (κ2) is 10.8. The van der Waals surface area contributed by atoms with Crippen molar-refractivity contribution in [1.29, 1.82) is 0 Å². The zero-order valence-corrected chi connectivity index (χ0v) is 27.7. The smallest absolute Gasteiger partial charge is 0.0541 e. The average Bonchev–Trinajstić information content (AvgIpc) is 3.83. The Morgan fingerprint density at radius 1 is 0.216 bits per heavy atom. The van der Waals surface area contributed by atoms with Crippen molar-refractivity contribution >= 4 is 65.4 Å². The summed E-state index contributed by atoms with van der Waals surface area (Å²) in [5.41, 5.74) is 13.1. The molecule has 0 spiro atoms. The van der Waals surface area contributed by atoms with E-state index in [1.165, 1.54) is 82.2 Å². The van der Waals surface area contributed by atoms with Gasteiger partial charge in [0.2, 0.25) is 0 Å². The Morgan fingerprint density at radius 2 is 0.549 bits per heavy atom. The van der Waals surface area contributed by atoms with Crippen LogP contribution in [0.3, 0.4) is 0 Å². The van der Waals surface area contributed by atoms with Crippen molar-refractivity contribution in [2.24, 2.45) is 0 Å². The second-order valence-electron chi connectivity index (χ2n) is 13.4. The molecule has 0 fully saturated rings. The predicted molar refractivity (Wildman–Crippen MR) is 215 cm³/mol. The molecule has 238 valence electrons. The largest absolute Gasteiger partial charge is 0.309 e. The van der Waals surface area contributed by atoms with Crippen LogP contribution in [-0.4, -0.2) is 13.7 Å². The monoisotopic (exact) mass is 649 g/mol. The summed E-state index contributed by atoms with van der Waals surface area (Å²) in [6.45, 7) is 0. The first-order chi connectivity index (χ1) is 25.3.